The average molecular weight is 423 g/mol. The van der Waals surface area contributed by atoms with Gasteiger partial charge in [0.2, 0.25) is 0 Å². The van der Waals surface area contributed by atoms with Gasteiger partial charge < -0.3 is 21.4 Å². The van der Waals surface area contributed by atoms with Crippen molar-refractivity contribution in [2.24, 2.45) is 0 Å². The number of hydrogen-bond acceptors (Lipinski definition) is 1. The maximum Gasteiger partial charge on any atom is 0.116 e. The molecule has 26 heavy (non-hydrogen) atoms. The van der Waals surface area contributed by atoms with Crippen molar-refractivity contribution in [1.82, 2.24) is 0 Å². The van der Waals surface area contributed by atoms with Gasteiger partial charge in [0.15, 0.2) is 0 Å². The summed E-state index contributed by atoms with van der Waals surface area (Å²) in [7, 11) is -1.80. The zero-order valence-electron chi connectivity index (χ0n) is 14.3. The Hall–Kier alpha value is -2.15. The molecular formula is C23H20BrOP. The normalized spacial score (nSPS) is 10.9. The quantitative estimate of drug-likeness (QED) is 0.447. The molecule has 0 saturated heterocycles. The number of benzene rings is 3. The summed E-state index contributed by atoms with van der Waals surface area (Å²) in [5.41, 5.74) is 1.24. The smallest absolute Gasteiger partial charge is 0.116 e. The summed E-state index contributed by atoms with van der Waals surface area (Å²) < 4.78 is 5.39. The van der Waals surface area contributed by atoms with Crippen LogP contribution in [0.25, 0.3) is 0 Å². The van der Waals surface area contributed by atoms with Crippen LogP contribution in [0, 0.1) is 0 Å². The van der Waals surface area contributed by atoms with Crippen LogP contribution in [0.2, 0.25) is 0 Å². The first kappa shape index (κ1) is 18.6. The van der Waals surface area contributed by atoms with Crippen LogP contribution < -0.4 is 32.9 Å². The minimum Gasteiger partial charge on any atom is -1.00 e. The van der Waals surface area contributed by atoms with Gasteiger partial charge in [-0.2, -0.15) is 0 Å². The van der Waals surface area contributed by atoms with Crippen LogP contribution in [0.5, 0.6) is 0 Å². The summed E-state index contributed by atoms with van der Waals surface area (Å²) in [6.07, 6.45) is 4.61. The lowest BCUT2D eigenvalue weighted by Crippen LogP contribution is -3.00. The minimum atomic E-state index is -1.80. The first-order valence-corrected chi connectivity index (χ1v) is 10.4. The number of rotatable bonds is 5. The van der Waals surface area contributed by atoms with Crippen molar-refractivity contribution >= 4 is 23.2 Å². The van der Waals surface area contributed by atoms with Crippen LogP contribution in [0.15, 0.2) is 114 Å². The summed E-state index contributed by atoms with van der Waals surface area (Å²) >= 11 is 0. The van der Waals surface area contributed by atoms with Crippen molar-refractivity contribution in [1.29, 1.82) is 0 Å². The first-order valence-electron chi connectivity index (χ1n) is 8.45. The third kappa shape index (κ3) is 3.53. The van der Waals surface area contributed by atoms with E-state index in [0.717, 1.165) is 6.16 Å². The third-order valence-corrected chi connectivity index (χ3v) is 8.97. The predicted octanol–water partition coefficient (Wildman–Crippen LogP) is 1.78. The van der Waals surface area contributed by atoms with Gasteiger partial charge in [-0.15, -0.1) is 0 Å². The molecule has 0 bridgehead atoms. The number of hydrogen-bond donors (Lipinski definition) is 0. The van der Waals surface area contributed by atoms with E-state index in [1.54, 1.807) is 6.26 Å². The molecule has 4 rings (SSSR count). The SMILES string of the molecule is [Br-].c1ccc([P+](Cc2ccoc2)(c2ccccc2)c2ccccc2)cc1. The molecule has 1 heterocycles. The van der Waals surface area contributed by atoms with Gasteiger partial charge >= 0.3 is 0 Å². The van der Waals surface area contributed by atoms with Crippen molar-refractivity contribution in [3.8, 4) is 0 Å². The summed E-state index contributed by atoms with van der Waals surface area (Å²) in [4.78, 5) is 0. The molecule has 130 valence electrons. The van der Waals surface area contributed by atoms with E-state index < -0.39 is 7.26 Å². The highest BCUT2D eigenvalue weighted by molar-refractivity contribution is 7.95. The van der Waals surface area contributed by atoms with Gasteiger partial charge in [-0.1, -0.05) is 54.6 Å². The molecule has 1 nitrogen and oxygen atoms in total. The summed E-state index contributed by atoms with van der Waals surface area (Å²) in [5, 5.41) is 4.19. The molecule has 0 fully saturated rings. The molecular weight excluding hydrogens is 403 g/mol. The van der Waals surface area contributed by atoms with Crippen LogP contribution in [0.1, 0.15) is 5.56 Å². The summed E-state index contributed by atoms with van der Waals surface area (Å²) in [6.45, 7) is 0. The molecule has 3 heteroatoms. The Morgan fingerprint density at radius 2 is 1.00 bits per heavy atom. The molecule has 1 aromatic heterocycles. The average Bonchev–Trinajstić information content (AvgIpc) is 3.21. The van der Waals surface area contributed by atoms with Crippen molar-refractivity contribution in [3.05, 3.63) is 115 Å². The fraction of sp³-hybridized carbons (Fsp3) is 0.0435. The molecule has 0 unspecified atom stereocenters. The molecule has 0 N–H and O–H groups in total. The standard InChI is InChI=1S/C23H20OP.BrH/c1-4-10-21(11-5-1)25(19-20-16-17-24-18-20,22-12-6-2-7-13-22)23-14-8-3-9-15-23;/h1-18H,19H2;1H/q+1;/p-1. The molecule has 0 amide bonds. The number of furan rings is 1. The molecule has 0 atom stereocenters. The lowest BCUT2D eigenvalue weighted by molar-refractivity contribution is -0.00000520. The van der Waals surface area contributed by atoms with E-state index in [9.17, 15) is 0 Å². The van der Waals surface area contributed by atoms with Gasteiger partial charge in [0.1, 0.15) is 29.3 Å². The van der Waals surface area contributed by atoms with Gasteiger partial charge in [-0.25, -0.2) is 0 Å². The summed E-state index contributed by atoms with van der Waals surface area (Å²) in [5.74, 6) is 0. The molecule has 0 spiro atoms. The third-order valence-electron chi connectivity index (χ3n) is 4.59. The van der Waals surface area contributed by atoms with E-state index >= 15 is 0 Å². The van der Waals surface area contributed by atoms with Crippen LogP contribution in [-0.2, 0) is 6.16 Å². The zero-order valence-corrected chi connectivity index (χ0v) is 16.8. The Morgan fingerprint density at radius 3 is 1.35 bits per heavy atom. The Morgan fingerprint density at radius 1 is 0.577 bits per heavy atom. The second-order valence-electron chi connectivity index (χ2n) is 6.11. The van der Waals surface area contributed by atoms with Crippen LogP contribution in [0.4, 0.5) is 0 Å². The van der Waals surface area contributed by atoms with Gasteiger partial charge in [0.05, 0.1) is 12.5 Å². The van der Waals surface area contributed by atoms with E-state index in [-0.39, 0.29) is 17.0 Å². The van der Waals surface area contributed by atoms with Gasteiger partial charge in [-0.05, 0) is 42.5 Å². The highest BCUT2D eigenvalue weighted by Gasteiger charge is 2.45. The maximum atomic E-state index is 5.39. The molecule has 3 aromatic carbocycles. The Labute approximate surface area is 165 Å². The Bertz CT molecular complexity index is 810. The number of halogens is 1. The van der Waals surface area contributed by atoms with Crippen molar-refractivity contribution in [2.45, 2.75) is 6.16 Å². The second kappa shape index (κ2) is 8.49. The van der Waals surface area contributed by atoms with E-state index in [1.165, 1.54) is 21.5 Å². The molecule has 0 aliphatic heterocycles. The predicted molar refractivity (Wildman–Crippen MR) is 108 cm³/mol. The van der Waals surface area contributed by atoms with E-state index in [1.807, 2.05) is 6.26 Å². The second-order valence-corrected chi connectivity index (χ2v) is 9.59. The van der Waals surface area contributed by atoms with Crippen molar-refractivity contribution < 1.29 is 21.4 Å². The fourth-order valence-electron chi connectivity index (χ4n) is 3.42. The van der Waals surface area contributed by atoms with Crippen molar-refractivity contribution in [3.63, 3.8) is 0 Å². The fourth-order valence-corrected chi connectivity index (χ4v) is 7.64. The van der Waals surface area contributed by atoms with Crippen molar-refractivity contribution in [2.75, 3.05) is 0 Å². The topological polar surface area (TPSA) is 13.1 Å². The zero-order chi connectivity index (χ0) is 17.0. The van der Waals surface area contributed by atoms with Gasteiger partial charge in [0.25, 0.3) is 0 Å². The Balaban J connectivity index is 0.00000196. The van der Waals surface area contributed by atoms with Gasteiger partial charge in [0, 0.05) is 5.56 Å². The van der Waals surface area contributed by atoms with E-state index in [0.29, 0.717) is 0 Å². The van der Waals surface area contributed by atoms with Crippen LogP contribution in [-0.4, -0.2) is 0 Å². The largest absolute Gasteiger partial charge is 1.00 e. The molecule has 4 aromatic rings. The van der Waals surface area contributed by atoms with Crippen LogP contribution >= 0.6 is 7.26 Å². The van der Waals surface area contributed by atoms with E-state index in [4.69, 9.17) is 4.42 Å². The molecule has 0 radical (unpaired) electrons. The molecule has 0 aliphatic rings. The van der Waals surface area contributed by atoms with E-state index in [2.05, 4.69) is 97.1 Å². The highest BCUT2D eigenvalue weighted by Crippen LogP contribution is 2.58. The molecule has 0 saturated carbocycles. The maximum absolute atomic E-state index is 5.39. The first-order chi connectivity index (χ1) is 12.4. The van der Waals surface area contributed by atoms with Gasteiger partial charge in [-0.3, -0.25) is 0 Å². The molecule has 0 aliphatic carbocycles. The Kier molecular flexibility index (Phi) is 6.08. The van der Waals surface area contributed by atoms with Crippen LogP contribution in [0.3, 0.4) is 0 Å². The monoisotopic (exact) mass is 422 g/mol. The highest BCUT2D eigenvalue weighted by atomic mass is 79.9. The minimum absolute atomic E-state index is 0. The lowest BCUT2D eigenvalue weighted by atomic mass is 10.3. The summed E-state index contributed by atoms with van der Waals surface area (Å²) in [6, 6.07) is 34.8. The lowest BCUT2D eigenvalue weighted by Gasteiger charge is -2.27.